The van der Waals surface area contributed by atoms with Gasteiger partial charge in [0.1, 0.15) is 6.54 Å². The molecule has 0 radical (unpaired) electrons. The molecule has 1 aliphatic carbocycles. The molecular formula is C19H21N3O2. The van der Waals surface area contributed by atoms with E-state index in [2.05, 4.69) is 29.2 Å². The van der Waals surface area contributed by atoms with Gasteiger partial charge in [-0.3, -0.25) is 14.2 Å². The minimum Gasteiger partial charge on any atom is -0.340 e. The number of likely N-dealkylation sites (tertiary alicyclic amines) is 1. The Kier molecular flexibility index (Phi) is 3.52. The van der Waals surface area contributed by atoms with E-state index in [-0.39, 0.29) is 18.0 Å². The van der Waals surface area contributed by atoms with Crippen LogP contribution in [0.2, 0.25) is 0 Å². The van der Waals surface area contributed by atoms with E-state index >= 15 is 0 Å². The van der Waals surface area contributed by atoms with Gasteiger partial charge in [-0.25, -0.2) is 4.98 Å². The molecule has 1 aromatic heterocycles. The lowest BCUT2D eigenvalue weighted by Crippen LogP contribution is -2.63. The van der Waals surface area contributed by atoms with Gasteiger partial charge in [0.2, 0.25) is 5.91 Å². The van der Waals surface area contributed by atoms with Gasteiger partial charge in [0, 0.05) is 30.3 Å². The second kappa shape index (κ2) is 5.58. The molecular weight excluding hydrogens is 302 g/mol. The summed E-state index contributed by atoms with van der Waals surface area (Å²) in [7, 11) is 0. The van der Waals surface area contributed by atoms with E-state index < -0.39 is 0 Å². The Balaban J connectivity index is 1.32. The Morgan fingerprint density at radius 3 is 2.62 bits per heavy atom. The Labute approximate surface area is 140 Å². The predicted molar refractivity (Wildman–Crippen MR) is 90.7 cm³/mol. The van der Waals surface area contributed by atoms with Gasteiger partial charge in [0.15, 0.2) is 0 Å². The quantitative estimate of drug-likeness (QED) is 0.867. The van der Waals surface area contributed by atoms with Crippen molar-refractivity contribution in [3.05, 3.63) is 64.3 Å². The first-order chi connectivity index (χ1) is 11.5. The van der Waals surface area contributed by atoms with Crippen LogP contribution in [-0.4, -0.2) is 33.4 Å². The highest BCUT2D eigenvalue weighted by molar-refractivity contribution is 5.77. The monoisotopic (exact) mass is 323 g/mol. The molecule has 0 bridgehead atoms. The fraction of sp³-hybridized carbons (Fsp3) is 0.421. The van der Waals surface area contributed by atoms with Crippen molar-refractivity contribution in [1.29, 1.82) is 0 Å². The summed E-state index contributed by atoms with van der Waals surface area (Å²) in [4.78, 5) is 30.2. The van der Waals surface area contributed by atoms with Gasteiger partial charge in [-0.05, 0) is 31.2 Å². The normalized spacial score (nSPS) is 19.0. The molecule has 24 heavy (non-hydrogen) atoms. The van der Waals surface area contributed by atoms with Crippen LogP contribution in [0.15, 0.2) is 47.5 Å². The molecule has 124 valence electrons. The number of rotatable bonds is 3. The third kappa shape index (κ3) is 2.64. The van der Waals surface area contributed by atoms with E-state index in [0.717, 1.165) is 25.9 Å². The summed E-state index contributed by atoms with van der Waals surface area (Å²) in [5.74, 6) is 0.643. The molecule has 2 aromatic rings. The van der Waals surface area contributed by atoms with Crippen LogP contribution in [0.4, 0.5) is 0 Å². The number of benzene rings is 1. The van der Waals surface area contributed by atoms with Crippen LogP contribution in [0.5, 0.6) is 0 Å². The average molecular weight is 323 g/mol. The lowest BCUT2D eigenvalue weighted by atomic mass is 9.56. The molecule has 4 rings (SSSR count). The van der Waals surface area contributed by atoms with Crippen LogP contribution in [-0.2, 0) is 11.3 Å². The van der Waals surface area contributed by atoms with E-state index in [0.29, 0.717) is 17.0 Å². The number of aryl methyl sites for hydroxylation is 1. The zero-order valence-electron chi connectivity index (χ0n) is 13.8. The Bertz CT molecular complexity index is 814. The van der Waals surface area contributed by atoms with Crippen molar-refractivity contribution < 1.29 is 4.79 Å². The molecule has 1 saturated carbocycles. The van der Waals surface area contributed by atoms with Crippen molar-refractivity contribution in [2.24, 2.45) is 5.41 Å². The molecule has 2 aliphatic rings. The molecule has 2 fully saturated rings. The van der Waals surface area contributed by atoms with Crippen molar-refractivity contribution >= 4 is 5.91 Å². The maximum absolute atomic E-state index is 12.3. The maximum atomic E-state index is 12.3. The average Bonchev–Trinajstić information content (AvgIpc) is 2.48. The molecule has 1 aromatic carbocycles. The van der Waals surface area contributed by atoms with E-state index in [4.69, 9.17) is 0 Å². The number of hydrogen-bond donors (Lipinski definition) is 0. The minimum absolute atomic E-state index is 0.0107. The zero-order valence-corrected chi connectivity index (χ0v) is 13.8. The summed E-state index contributed by atoms with van der Waals surface area (Å²) in [5, 5.41) is 0. The number of nitrogens with zero attached hydrogens (tertiary/aromatic N) is 3. The molecule has 1 aliphatic heterocycles. The second-order valence-electron chi connectivity index (χ2n) is 7.26. The number of amides is 1. The van der Waals surface area contributed by atoms with Crippen LogP contribution in [0.3, 0.4) is 0 Å². The molecule has 1 saturated heterocycles. The summed E-state index contributed by atoms with van der Waals surface area (Å²) >= 11 is 0. The number of carbonyl (C=O) groups is 1. The summed E-state index contributed by atoms with van der Waals surface area (Å²) in [6.45, 7) is 3.50. The van der Waals surface area contributed by atoms with E-state index in [1.54, 1.807) is 6.92 Å². The zero-order chi connectivity index (χ0) is 16.7. The molecule has 5 heteroatoms. The van der Waals surface area contributed by atoms with Crippen LogP contribution < -0.4 is 5.56 Å². The maximum Gasteiger partial charge on any atom is 0.253 e. The van der Waals surface area contributed by atoms with Crippen molar-refractivity contribution in [2.45, 2.75) is 32.2 Å². The topological polar surface area (TPSA) is 55.2 Å². The standard InChI is InChI=1S/C19H21N3O2/c1-14-7-17(23)21(13-20-14)10-18(24)22-11-19(12-22)8-16(9-19)15-5-3-2-4-6-15/h2-7,13,16H,8-12H2,1H3. The van der Waals surface area contributed by atoms with Gasteiger partial charge >= 0.3 is 0 Å². The third-order valence-corrected chi connectivity index (χ3v) is 5.36. The molecule has 1 spiro atoms. The lowest BCUT2D eigenvalue weighted by molar-refractivity contribution is -0.152. The lowest BCUT2D eigenvalue weighted by Gasteiger charge is -2.59. The van der Waals surface area contributed by atoms with Crippen LogP contribution in [0, 0.1) is 12.3 Å². The first-order valence-electron chi connectivity index (χ1n) is 8.41. The minimum atomic E-state index is -0.168. The highest BCUT2D eigenvalue weighted by atomic mass is 16.2. The Morgan fingerprint density at radius 2 is 1.96 bits per heavy atom. The molecule has 2 heterocycles. The van der Waals surface area contributed by atoms with Crippen LogP contribution in [0.25, 0.3) is 0 Å². The Hall–Kier alpha value is -2.43. The van der Waals surface area contributed by atoms with E-state index in [1.807, 2.05) is 11.0 Å². The van der Waals surface area contributed by atoms with Crippen molar-refractivity contribution in [3.63, 3.8) is 0 Å². The summed E-state index contributed by atoms with van der Waals surface area (Å²) < 4.78 is 1.38. The van der Waals surface area contributed by atoms with Gasteiger partial charge in [0.25, 0.3) is 5.56 Å². The van der Waals surface area contributed by atoms with E-state index in [1.165, 1.54) is 22.5 Å². The number of carbonyl (C=O) groups excluding carboxylic acids is 1. The molecule has 5 nitrogen and oxygen atoms in total. The fourth-order valence-electron chi connectivity index (χ4n) is 4.03. The highest BCUT2D eigenvalue weighted by Crippen LogP contribution is 2.55. The largest absolute Gasteiger partial charge is 0.340 e. The summed E-state index contributed by atoms with van der Waals surface area (Å²) in [5.41, 5.74) is 2.23. The third-order valence-electron chi connectivity index (χ3n) is 5.36. The van der Waals surface area contributed by atoms with Gasteiger partial charge in [-0.15, -0.1) is 0 Å². The summed E-state index contributed by atoms with van der Waals surface area (Å²) in [6, 6.07) is 12.1. The fourth-order valence-corrected chi connectivity index (χ4v) is 4.03. The molecule has 0 N–H and O–H groups in total. The first-order valence-corrected chi connectivity index (χ1v) is 8.41. The number of hydrogen-bond acceptors (Lipinski definition) is 3. The SMILES string of the molecule is Cc1cc(=O)n(CC(=O)N2CC3(CC(c4ccccc4)C3)C2)cn1. The molecule has 1 amide bonds. The second-order valence-corrected chi connectivity index (χ2v) is 7.26. The number of aromatic nitrogens is 2. The van der Waals surface area contributed by atoms with Crippen molar-refractivity contribution in [2.75, 3.05) is 13.1 Å². The van der Waals surface area contributed by atoms with Gasteiger partial charge in [-0.1, -0.05) is 30.3 Å². The predicted octanol–water partition coefficient (Wildman–Crippen LogP) is 1.96. The van der Waals surface area contributed by atoms with Gasteiger partial charge in [0.05, 0.1) is 6.33 Å². The first kappa shape index (κ1) is 15.1. The highest BCUT2D eigenvalue weighted by Gasteiger charge is 2.53. The van der Waals surface area contributed by atoms with Gasteiger partial charge in [-0.2, -0.15) is 0 Å². The van der Waals surface area contributed by atoms with Crippen molar-refractivity contribution in [3.8, 4) is 0 Å². The van der Waals surface area contributed by atoms with Crippen LogP contribution >= 0.6 is 0 Å². The Morgan fingerprint density at radius 1 is 1.25 bits per heavy atom. The van der Waals surface area contributed by atoms with Crippen molar-refractivity contribution in [1.82, 2.24) is 14.5 Å². The van der Waals surface area contributed by atoms with E-state index in [9.17, 15) is 9.59 Å². The molecule has 0 atom stereocenters. The smallest absolute Gasteiger partial charge is 0.253 e. The van der Waals surface area contributed by atoms with Gasteiger partial charge < -0.3 is 4.90 Å². The summed E-state index contributed by atoms with van der Waals surface area (Å²) in [6.07, 6.45) is 3.78. The molecule has 0 unspecified atom stereocenters. The van der Waals surface area contributed by atoms with Crippen LogP contribution in [0.1, 0.15) is 30.0 Å².